The third-order valence-corrected chi connectivity index (χ3v) is 6.90. The Morgan fingerprint density at radius 1 is 0.741 bits per heavy atom. The fourth-order valence-electron chi connectivity index (χ4n) is 4.11. The molecule has 0 spiro atoms. The van der Waals surface area contributed by atoms with Crippen LogP contribution in [0.15, 0.2) is 0 Å². The van der Waals surface area contributed by atoms with Crippen LogP contribution in [0.1, 0.15) is 114 Å². The molecule has 1 saturated carbocycles. The zero-order valence-electron chi connectivity index (χ0n) is 19.5. The van der Waals surface area contributed by atoms with Crippen LogP contribution in [-0.2, 0) is 19.6 Å². The van der Waals surface area contributed by atoms with Crippen molar-refractivity contribution in [2.75, 3.05) is 0 Å². The van der Waals surface area contributed by atoms with E-state index in [4.69, 9.17) is 19.6 Å². The lowest BCUT2D eigenvalue weighted by molar-refractivity contribution is -0.555. The Labute approximate surface area is 168 Å². The van der Waals surface area contributed by atoms with Crippen molar-refractivity contribution in [2.24, 2.45) is 17.8 Å². The van der Waals surface area contributed by atoms with Gasteiger partial charge in [-0.3, -0.25) is 0 Å². The maximum Gasteiger partial charge on any atom is 0.234 e. The quantitative estimate of drug-likeness (QED) is 0.201. The second kappa shape index (κ2) is 10.6. The first-order valence-electron chi connectivity index (χ1n) is 11.3. The largest absolute Gasteiger partial charge is 0.234 e. The Morgan fingerprint density at radius 3 is 1.41 bits per heavy atom. The van der Waals surface area contributed by atoms with E-state index < -0.39 is 5.79 Å². The van der Waals surface area contributed by atoms with Crippen LogP contribution >= 0.6 is 0 Å². The van der Waals surface area contributed by atoms with Crippen molar-refractivity contribution in [1.29, 1.82) is 0 Å². The van der Waals surface area contributed by atoms with Crippen molar-refractivity contribution in [3.05, 3.63) is 0 Å². The molecule has 0 N–H and O–H groups in total. The van der Waals surface area contributed by atoms with E-state index in [0.717, 1.165) is 51.4 Å². The normalized spacial score (nSPS) is 33.4. The summed E-state index contributed by atoms with van der Waals surface area (Å²) in [6.45, 7) is 19.8. The molecule has 4 unspecified atom stereocenters. The van der Waals surface area contributed by atoms with Crippen LogP contribution in [0.25, 0.3) is 0 Å². The molecule has 1 aliphatic carbocycles. The van der Waals surface area contributed by atoms with Crippen LogP contribution in [0.2, 0.25) is 0 Å². The van der Waals surface area contributed by atoms with Crippen LogP contribution in [0.4, 0.5) is 0 Å². The van der Waals surface area contributed by atoms with Gasteiger partial charge in [-0.15, -0.1) is 0 Å². The molecule has 162 valence electrons. The van der Waals surface area contributed by atoms with Gasteiger partial charge >= 0.3 is 0 Å². The van der Waals surface area contributed by atoms with E-state index in [1.165, 1.54) is 0 Å². The summed E-state index contributed by atoms with van der Waals surface area (Å²) in [6.07, 6.45) is 7.43. The van der Waals surface area contributed by atoms with E-state index in [0.29, 0.717) is 17.8 Å². The first-order chi connectivity index (χ1) is 12.6. The van der Waals surface area contributed by atoms with Gasteiger partial charge in [0, 0.05) is 12.8 Å². The predicted octanol–water partition coefficient (Wildman–Crippen LogP) is 7.22. The van der Waals surface area contributed by atoms with Crippen molar-refractivity contribution < 1.29 is 19.6 Å². The molecule has 0 aromatic rings. The van der Waals surface area contributed by atoms with E-state index in [-0.39, 0.29) is 11.2 Å². The highest BCUT2D eigenvalue weighted by Crippen LogP contribution is 2.45. The van der Waals surface area contributed by atoms with Gasteiger partial charge in [-0.1, -0.05) is 61.3 Å². The standard InChI is InChI=1S/C23H46O4/c1-10-14-21(8,12-3)24-26-23(16-18(5)20(7)19(6)17-23)27-25-22(9,13-4)15-11-2/h18-20H,10-17H2,1-9H3. The van der Waals surface area contributed by atoms with Crippen LogP contribution < -0.4 is 0 Å². The van der Waals surface area contributed by atoms with Gasteiger partial charge < -0.3 is 0 Å². The SMILES string of the molecule is CCCC(C)(CC)OOC1(OOC(C)(CC)CCC)CC(C)C(C)C(C)C1. The van der Waals surface area contributed by atoms with Gasteiger partial charge in [0.05, 0.1) is 0 Å². The topological polar surface area (TPSA) is 36.9 Å². The molecule has 0 aromatic heterocycles. The van der Waals surface area contributed by atoms with Gasteiger partial charge in [0.2, 0.25) is 5.79 Å². The van der Waals surface area contributed by atoms with Gasteiger partial charge in [0.15, 0.2) is 0 Å². The monoisotopic (exact) mass is 386 g/mol. The number of rotatable bonds is 12. The average molecular weight is 387 g/mol. The molecule has 0 heterocycles. The smallest absolute Gasteiger partial charge is 0.227 e. The maximum absolute atomic E-state index is 6.14. The van der Waals surface area contributed by atoms with E-state index in [1.54, 1.807) is 0 Å². The Balaban J connectivity index is 2.96. The van der Waals surface area contributed by atoms with Crippen LogP contribution in [-0.4, -0.2) is 17.0 Å². The van der Waals surface area contributed by atoms with E-state index in [9.17, 15) is 0 Å². The summed E-state index contributed by atoms with van der Waals surface area (Å²) in [7, 11) is 0. The molecule has 4 heteroatoms. The van der Waals surface area contributed by atoms with Gasteiger partial charge in [-0.25, -0.2) is 9.78 Å². The third-order valence-electron chi connectivity index (χ3n) is 6.90. The summed E-state index contributed by atoms with van der Waals surface area (Å²) in [6, 6.07) is 0. The molecule has 1 rings (SSSR count). The Kier molecular flexibility index (Phi) is 9.74. The lowest BCUT2D eigenvalue weighted by atomic mass is 9.72. The molecule has 1 aliphatic rings. The van der Waals surface area contributed by atoms with Crippen molar-refractivity contribution >= 4 is 0 Å². The molecular formula is C23H46O4. The molecule has 4 atom stereocenters. The van der Waals surface area contributed by atoms with Crippen LogP contribution in [0, 0.1) is 17.8 Å². The zero-order chi connectivity index (χ0) is 20.7. The fourth-order valence-corrected chi connectivity index (χ4v) is 4.11. The molecule has 0 bridgehead atoms. The maximum atomic E-state index is 6.14. The van der Waals surface area contributed by atoms with Gasteiger partial charge in [-0.05, 0) is 57.3 Å². The molecule has 0 radical (unpaired) electrons. The summed E-state index contributed by atoms with van der Waals surface area (Å²) in [5.74, 6) is 0.768. The van der Waals surface area contributed by atoms with Gasteiger partial charge in [0.25, 0.3) is 0 Å². The van der Waals surface area contributed by atoms with Crippen LogP contribution in [0.5, 0.6) is 0 Å². The Hall–Kier alpha value is -0.160. The van der Waals surface area contributed by atoms with E-state index in [2.05, 4.69) is 62.3 Å². The van der Waals surface area contributed by atoms with Crippen molar-refractivity contribution in [3.8, 4) is 0 Å². The summed E-state index contributed by atoms with van der Waals surface area (Å²) in [4.78, 5) is 24.4. The zero-order valence-corrected chi connectivity index (χ0v) is 19.5. The lowest BCUT2D eigenvalue weighted by Gasteiger charge is -2.45. The molecular weight excluding hydrogens is 340 g/mol. The second-order valence-electron chi connectivity index (χ2n) is 9.57. The first-order valence-corrected chi connectivity index (χ1v) is 11.3. The van der Waals surface area contributed by atoms with E-state index >= 15 is 0 Å². The average Bonchev–Trinajstić information content (AvgIpc) is 2.63. The molecule has 0 amide bonds. The van der Waals surface area contributed by atoms with Crippen LogP contribution in [0.3, 0.4) is 0 Å². The minimum Gasteiger partial charge on any atom is -0.227 e. The fraction of sp³-hybridized carbons (Fsp3) is 1.00. The molecule has 1 fully saturated rings. The highest BCUT2D eigenvalue weighted by Gasteiger charge is 2.48. The van der Waals surface area contributed by atoms with Crippen molar-refractivity contribution in [2.45, 2.75) is 131 Å². The number of hydrogen-bond donors (Lipinski definition) is 0. The molecule has 27 heavy (non-hydrogen) atoms. The minimum absolute atomic E-state index is 0.294. The molecule has 0 aliphatic heterocycles. The van der Waals surface area contributed by atoms with Crippen molar-refractivity contribution in [3.63, 3.8) is 0 Å². The molecule has 4 nitrogen and oxygen atoms in total. The Bertz CT molecular complexity index is 389. The van der Waals surface area contributed by atoms with Crippen molar-refractivity contribution in [1.82, 2.24) is 0 Å². The summed E-state index contributed by atoms with van der Waals surface area (Å²) >= 11 is 0. The lowest BCUT2D eigenvalue weighted by Crippen LogP contribution is -2.49. The first kappa shape index (κ1) is 24.9. The Morgan fingerprint density at radius 2 is 1.11 bits per heavy atom. The highest BCUT2D eigenvalue weighted by atomic mass is 17.3. The molecule has 0 saturated heterocycles. The van der Waals surface area contributed by atoms with E-state index in [1.807, 2.05) is 0 Å². The third kappa shape index (κ3) is 6.99. The highest BCUT2D eigenvalue weighted by molar-refractivity contribution is 4.86. The van der Waals surface area contributed by atoms with Gasteiger partial charge in [0.1, 0.15) is 11.2 Å². The summed E-state index contributed by atoms with van der Waals surface area (Å²) in [5, 5.41) is 0. The molecule has 0 aromatic carbocycles. The summed E-state index contributed by atoms with van der Waals surface area (Å²) in [5.41, 5.74) is -0.587. The van der Waals surface area contributed by atoms with Gasteiger partial charge in [-0.2, -0.15) is 9.78 Å². The minimum atomic E-state index is -0.834. The summed E-state index contributed by atoms with van der Waals surface area (Å²) < 4.78 is 0. The number of hydrogen-bond acceptors (Lipinski definition) is 4. The second-order valence-corrected chi connectivity index (χ2v) is 9.57. The predicted molar refractivity (Wildman–Crippen MR) is 111 cm³/mol.